The van der Waals surface area contributed by atoms with Gasteiger partial charge in [-0.25, -0.2) is 4.68 Å². The van der Waals surface area contributed by atoms with E-state index < -0.39 is 0 Å². The molecular formula is C10H12N2O. The lowest BCUT2D eigenvalue weighted by Gasteiger charge is -2.23. The van der Waals surface area contributed by atoms with Gasteiger partial charge in [0.25, 0.3) is 5.56 Å². The molecule has 0 amide bonds. The van der Waals surface area contributed by atoms with Gasteiger partial charge in [0.05, 0.1) is 0 Å². The Morgan fingerprint density at radius 1 is 1.69 bits per heavy atom. The highest BCUT2D eigenvalue weighted by Gasteiger charge is 2.21. The number of H-pyrrole nitrogens is 1. The predicted molar refractivity (Wildman–Crippen MR) is 50.5 cm³/mol. The molecule has 1 aromatic rings. The minimum Gasteiger partial charge on any atom is -0.299 e. The van der Waals surface area contributed by atoms with Gasteiger partial charge < -0.3 is 0 Å². The van der Waals surface area contributed by atoms with Crippen LogP contribution in [0, 0.1) is 12.3 Å². The summed E-state index contributed by atoms with van der Waals surface area (Å²) in [6.45, 7) is 0.339. The van der Waals surface area contributed by atoms with Crippen LogP contribution in [0.2, 0.25) is 0 Å². The van der Waals surface area contributed by atoms with Gasteiger partial charge in [-0.05, 0) is 12.8 Å². The highest BCUT2D eigenvalue weighted by Crippen LogP contribution is 2.34. The van der Waals surface area contributed by atoms with Crippen LogP contribution in [0.5, 0.6) is 0 Å². The first-order valence-electron chi connectivity index (χ1n) is 4.54. The summed E-state index contributed by atoms with van der Waals surface area (Å²) in [5, 5.41) is 3.05. The first-order valence-corrected chi connectivity index (χ1v) is 4.54. The van der Waals surface area contributed by atoms with E-state index in [1.54, 1.807) is 6.07 Å². The van der Waals surface area contributed by atoms with Crippen LogP contribution in [-0.4, -0.2) is 9.78 Å². The van der Waals surface area contributed by atoms with Crippen molar-refractivity contribution in [2.75, 3.05) is 0 Å². The second kappa shape index (κ2) is 3.14. The number of rotatable bonds is 2. The van der Waals surface area contributed by atoms with Crippen molar-refractivity contribution in [2.24, 2.45) is 0 Å². The average Bonchev–Trinajstić information content (AvgIpc) is 2.30. The molecule has 0 saturated heterocycles. The number of aromatic amines is 1. The van der Waals surface area contributed by atoms with Crippen LogP contribution in [0.4, 0.5) is 0 Å². The van der Waals surface area contributed by atoms with E-state index in [2.05, 4.69) is 11.0 Å². The van der Waals surface area contributed by atoms with E-state index in [0.29, 0.717) is 12.5 Å². The third-order valence-electron chi connectivity index (χ3n) is 2.60. The van der Waals surface area contributed by atoms with Crippen LogP contribution in [0.1, 0.15) is 30.9 Å². The van der Waals surface area contributed by atoms with E-state index in [0.717, 1.165) is 5.69 Å². The number of nitrogens with one attached hydrogen (secondary N) is 1. The van der Waals surface area contributed by atoms with Crippen molar-refractivity contribution in [2.45, 2.75) is 31.7 Å². The van der Waals surface area contributed by atoms with E-state index in [1.165, 1.54) is 23.9 Å². The van der Waals surface area contributed by atoms with Crippen molar-refractivity contribution in [3.05, 3.63) is 22.1 Å². The van der Waals surface area contributed by atoms with Crippen LogP contribution in [0.3, 0.4) is 0 Å². The van der Waals surface area contributed by atoms with Gasteiger partial charge in [0.2, 0.25) is 0 Å². The molecule has 0 bridgehead atoms. The predicted octanol–water partition coefficient (Wildman–Crippen LogP) is 1.08. The molecule has 0 aromatic carbocycles. The summed E-state index contributed by atoms with van der Waals surface area (Å²) in [6.07, 6.45) is 8.78. The standard InChI is InChI=1S/C10H12N2O/c1-2-6-12-10(13)7-9(11-12)8-4-3-5-8/h1,7-8,11H,3-6H2. The number of hydrogen-bond donors (Lipinski definition) is 1. The first-order chi connectivity index (χ1) is 6.31. The Hall–Kier alpha value is -1.43. The normalized spacial score (nSPS) is 16.5. The Balaban J connectivity index is 2.25. The molecule has 1 N–H and O–H groups in total. The molecule has 3 heteroatoms. The van der Waals surface area contributed by atoms with Gasteiger partial charge in [-0.2, -0.15) is 0 Å². The largest absolute Gasteiger partial charge is 0.299 e. The van der Waals surface area contributed by atoms with Crippen LogP contribution in [0.25, 0.3) is 0 Å². The number of aromatic nitrogens is 2. The molecule has 0 spiro atoms. The summed E-state index contributed by atoms with van der Waals surface area (Å²) in [4.78, 5) is 11.3. The SMILES string of the molecule is C#CCn1[nH]c(C2CCC2)cc1=O. The number of terminal acetylenes is 1. The van der Waals surface area contributed by atoms with Gasteiger partial charge in [0.15, 0.2) is 0 Å². The van der Waals surface area contributed by atoms with Crippen LogP contribution < -0.4 is 5.56 Å². The smallest absolute Gasteiger partial charge is 0.267 e. The third-order valence-corrected chi connectivity index (χ3v) is 2.60. The molecule has 1 aliphatic carbocycles. The molecule has 0 aliphatic heterocycles. The maximum absolute atomic E-state index is 11.3. The van der Waals surface area contributed by atoms with Crippen molar-refractivity contribution in [1.29, 1.82) is 0 Å². The minimum absolute atomic E-state index is 0.0140. The molecule has 13 heavy (non-hydrogen) atoms. The fourth-order valence-corrected chi connectivity index (χ4v) is 1.59. The Labute approximate surface area is 76.7 Å². The van der Waals surface area contributed by atoms with E-state index in [-0.39, 0.29) is 5.56 Å². The zero-order chi connectivity index (χ0) is 9.26. The van der Waals surface area contributed by atoms with E-state index in [4.69, 9.17) is 6.42 Å². The first kappa shape index (κ1) is 8.18. The highest BCUT2D eigenvalue weighted by atomic mass is 16.1. The van der Waals surface area contributed by atoms with Gasteiger partial charge >= 0.3 is 0 Å². The molecule has 1 aliphatic rings. The van der Waals surface area contributed by atoms with Gasteiger partial charge in [0, 0.05) is 17.7 Å². The topological polar surface area (TPSA) is 37.8 Å². The van der Waals surface area contributed by atoms with E-state index >= 15 is 0 Å². The zero-order valence-corrected chi connectivity index (χ0v) is 7.42. The number of nitrogens with zero attached hydrogens (tertiary/aromatic N) is 1. The summed E-state index contributed by atoms with van der Waals surface area (Å²) < 4.78 is 1.48. The molecule has 3 nitrogen and oxygen atoms in total. The third kappa shape index (κ3) is 1.40. The Morgan fingerprint density at radius 3 is 3.00 bits per heavy atom. The molecule has 0 atom stereocenters. The highest BCUT2D eigenvalue weighted by molar-refractivity contribution is 5.10. The summed E-state index contributed by atoms with van der Waals surface area (Å²) in [7, 11) is 0. The van der Waals surface area contributed by atoms with Crippen molar-refractivity contribution in [3.63, 3.8) is 0 Å². The molecule has 0 unspecified atom stereocenters. The van der Waals surface area contributed by atoms with Crippen molar-refractivity contribution < 1.29 is 0 Å². The minimum atomic E-state index is -0.0140. The quantitative estimate of drug-likeness (QED) is 0.673. The summed E-state index contributed by atoms with van der Waals surface area (Å²) >= 11 is 0. The Bertz CT molecular complexity index is 390. The van der Waals surface area contributed by atoms with Gasteiger partial charge in [-0.15, -0.1) is 6.42 Å². The molecule has 68 valence electrons. The van der Waals surface area contributed by atoms with Crippen LogP contribution in [-0.2, 0) is 6.54 Å². The Kier molecular flexibility index (Phi) is 1.97. The average molecular weight is 176 g/mol. The van der Waals surface area contributed by atoms with Gasteiger partial charge in [-0.3, -0.25) is 9.89 Å². The molecule has 1 aromatic heterocycles. The number of hydrogen-bond acceptors (Lipinski definition) is 1. The molecule has 1 fully saturated rings. The fourth-order valence-electron chi connectivity index (χ4n) is 1.59. The fraction of sp³-hybridized carbons (Fsp3) is 0.500. The molecule has 0 radical (unpaired) electrons. The summed E-state index contributed by atoms with van der Waals surface area (Å²) in [5.41, 5.74) is 1.03. The maximum atomic E-state index is 11.3. The molecular weight excluding hydrogens is 164 g/mol. The lowest BCUT2D eigenvalue weighted by molar-refractivity contribution is 0.407. The van der Waals surface area contributed by atoms with E-state index in [9.17, 15) is 4.79 Å². The summed E-state index contributed by atoms with van der Waals surface area (Å²) in [6, 6.07) is 1.67. The molecule has 1 saturated carbocycles. The lowest BCUT2D eigenvalue weighted by atomic mass is 9.83. The van der Waals surface area contributed by atoms with Crippen LogP contribution >= 0.6 is 0 Å². The van der Waals surface area contributed by atoms with Crippen molar-refractivity contribution in [3.8, 4) is 12.3 Å². The molecule has 2 rings (SSSR count). The van der Waals surface area contributed by atoms with Crippen molar-refractivity contribution in [1.82, 2.24) is 9.78 Å². The lowest BCUT2D eigenvalue weighted by Crippen LogP contribution is -2.14. The van der Waals surface area contributed by atoms with Gasteiger partial charge in [-0.1, -0.05) is 12.3 Å². The van der Waals surface area contributed by atoms with E-state index in [1.807, 2.05) is 0 Å². The van der Waals surface area contributed by atoms with Crippen molar-refractivity contribution >= 4 is 0 Å². The molecule has 1 heterocycles. The second-order valence-electron chi connectivity index (χ2n) is 3.47. The van der Waals surface area contributed by atoms with Crippen LogP contribution in [0.15, 0.2) is 10.9 Å². The maximum Gasteiger partial charge on any atom is 0.267 e. The zero-order valence-electron chi connectivity index (χ0n) is 7.42. The summed E-state index contributed by atoms with van der Waals surface area (Å²) in [5.74, 6) is 3.01. The Morgan fingerprint density at radius 2 is 2.46 bits per heavy atom. The second-order valence-corrected chi connectivity index (χ2v) is 3.47. The van der Waals surface area contributed by atoms with Gasteiger partial charge in [0.1, 0.15) is 6.54 Å². The monoisotopic (exact) mass is 176 g/mol.